The van der Waals surface area contributed by atoms with Crippen molar-refractivity contribution in [3.05, 3.63) is 78.6 Å². The standard InChI is InChI=1S/C26H26FN5O4/c1-3-35-15-16-36-26-30-24(22-9-4-5-10-23(22)27)32(31-26)20-13-11-18(12-14-20)28-25(33)29-19-7-6-8-21(17-19)34-2/h4-14,17H,3,15-16H2,1-2H3,(H2,28,29,33). The van der Waals surface area contributed by atoms with E-state index >= 15 is 0 Å². The molecule has 10 heteroatoms. The van der Waals surface area contributed by atoms with Crippen molar-refractivity contribution < 1.29 is 23.4 Å². The van der Waals surface area contributed by atoms with E-state index in [1.807, 2.05) is 6.92 Å². The molecule has 0 radical (unpaired) electrons. The summed E-state index contributed by atoms with van der Waals surface area (Å²) in [5, 5.41) is 9.93. The second-order valence-electron chi connectivity index (χ2n) is 7.51. The third-order valence-corrected chi connectivity index (χ3v) is 5.06. The normalized spacial score (nSPS) is 10.6. The Balaban J connectivity index is 1.52. The van der Waals surface area contributed by atoms with Gasteiger partial charge in [-0.15, -0.1) is 5.10 Å². The van der Waals surface area contributed by atoms with Gasteiger partial charge in [0.1, 0.15) is 18.2 Å². The van der Waals surface area contributed by atoms with Crippen LogP contribution in [0.2, 0.25) is 0 Å². The number of nitrogens with zero attached hydrogens (tertiary/aromatic N) is 3. The van der Waals surface area contributed by atoms with Crippen LogP contribution in [0.1, 0.15) is 6.92 Å². The summed E-state index contributed by atoms with van der Waals surface area (Å²) < 4.78 is 32.1. The molecule has 0 bridgehead atoms. The van der Waals surface area contributed by atoms with Gasteiger partial charge in [-0.25, -0.2) is 13.9 Å². The summed E-state index contributed by atoms with van der Waals surface area (Å²) in [7, 11) is 1.56. The van der Waals surface area contributed by atoms with E-state index in [1.54, 1.807) is 73.8 Å². The van der Waals surface area contributed by atoms with E-state index in [2.05, 4.69) is 20.7 Å². The van der Waals surface area contributed by atoms with Crippen molar-refractivity contribution in [1.82, 2.24) is 14.8 Å². The van der Waals surface area contributed by atoms with Gasteiger partial charge in [0.15, 0.2) is 5.82 Å². The zero-order valence-electron chi connectivity index (χ0n) is 19.9. The molecule has 2 N–H and O–H groups in total. The second-order valence-corrected chi connectivity index (χ2v) is 7.51. The first-order valence-corrected chi connectivity index (χ1v) is 11.3. The number of amides is 2. The largest absolute Gasteiger partial charge is 0.497 e. The Morgan fingerprint density at radius 3 is 2.50 bits per heavy atom. The Kier molecular flexibility index (Phi) is 8.09. The zero-order chi connectivity index (χ0) is 25.3. The quantitative estimate of drug-likeness (QED) is 0.298. The molecule has 3 aromatic carbocycles. The maximum Gasteiger partial charge on any atom is 0.336 e. The van der Waals surface area contributed by atoms with E-state index in [-0.39, 0.29) is 24.0 Å². The van der Waals surface area contributed by atoms with Gasteiger partial charge >= 0.3 is 12.0 Å². The zero-order valence-corrected chi connectivity index (χ0v) is 19.9. The maximum absolute atomic E-state index is 14.6. The number of aromatic nitrogens is 3. The van der Waals surface area contributed by atoms with Crippen molar-refractivity contribution in [2.45, 2.75) is 6.92 Å². The number of benzene rings is 3. The SMILES string of the molecule is CCOCCOc1nc(-c2ccccc2F)n(-c2ccc(NC(=O)Nc3cccc(OC)c3)cc2)n1. The van der Waals surface area contributed by atoms with Gasteiger partial charge in [-0.3, -0.25) is 0 Å². The summed E-state index contributed by atoms with van der Waals surface area (Å²) in [6.07, 6.45) is 0. The molecule has 0 aliphatic carbocycles. The maximum atomic E-state index is 14.6. The minimum absolute atomic E-state index is 0.104. The molecule has 186 valence electrons. The molecule has 0 atom stereocenters. The van der Waals surface area contributed by atoms with Gasteiger partial charge < -0.3 is 24.8 Å². The van der Waals surface area contributed by atoms with Crippen molar-refractivity contribution in [2.24, 2.45) is 0 Å². The highest BCUT2D eigenvalue weighted by molar-refractivity contribution is 5.99. The van der Waals surface area contributed by atoms with Crippen LogP contribution in [-0.2, 0) is 4.74 Å². The monoisotopic (exact) mass is 491 g/mol. The van der Waals surface area contributed by atoms with Crippen molar-refractivity contribution in [1.29, 1.82) is 0 Å². The van der Waals surface area contributed by atoms with Crippen LogP contribution in [0, 0.1) is 5.82 Å². The topological polar surface area (TPSA) is 99.5 Å². The molecule has 4 rings (SSSR count). The number of nitrogens with one attached hydrogen (secondary N) is 2. The summed E-state index contributed by atoms with van der Waals surface area (Å²) in [6, 6.07) is 20.0. The van der Waals surface area contributed by atoms with E-state index in [1.165, 1.54) is 10.7 Å². The van der Waals surface area contributed by atoms with E-state index in [9.17, 15) is 9.18 Å². The summed E-state index contributed by atoms with van der Waals surface area (Å²) in [6.45, 7) is 3.12. The van der Waals surface area contributed by atoms with Crippen molar-refractivity contribution in [3.63, 3.8) is 0 Å². The molecule has 4 aromatic rings. The number of ether oxygens (including phenoxy) is 3. The van der Waals surface area contributed by atoms with Gasteiger partial charge in [-0.1, -0.05) is 18.2 Å². The van der Waals surface area contributed by atoms with Crippen molar-refractivity contribution >= 4 is 17.4 Å². The smallest absolute Gasteiger partial charge is 0.336 e. The highest BCUT2D eigenvalue weighted by atomic mass is 19.1. The Morgan fingerprint density at radius 2 is 1.75 bits per heavy atom. The van der Waals surface area contributed by atoms with Gasteiger partial charge in [0.25, 0.3) is 0 Å². The summed E-state index contributed by atoms with van der Waals surface area (Å²) in [4.78, 5) is 16.8. The molecule has 0 saturated carbocycles. The number of hydrogen-bond donors (Lipinski definition) is 2. The number of carbonyl (C=O) groups excluding carboxylic acids is 1. The van der Waals surface area contributed by atoms with Gasteiger partial charge in [-0.2, -0.15) is 4.98 Å². The minimum atomic E-state index is -0.431. The number of halogens is 1. The summed E-state index contributed by atoms with van der Waals surface area (Å²) >= 11 is 0. The lowest BCUT2D eigenvalue weighted by Crippen LogP contribution is -2.19. The average molecular weight is 492 g/mol. The van der Waals surface area contributed by atoms with Crippen LogP contribution in [-0.4, -0.2) is 47.7 Å². The number of hydrogen-bond acceptors (Lipinski definition) is 6. The predicted octanol–water partition coefficient (Wildman–Crippen LogP) is 5.14. The first-order valence-electron chi connectivity index (χ1n) is 11.3. The van der Waals surface area contributed by atoms with Gasteiger partial charge in [-0.05, 0) is 55.5 Å². The van der Waals surface area contributed by atoms with Crippen LogP contribution < -0.4 is 20.1 Å². The van der Waals surface area contributed by atoms with E-state index in [0.717, 1.165) is 0 Å². The van der Waals surface area contributed by atoms with Crippen LogP contribution in [0.25, 0.3) is 17.1 Å². The lowest BCUT2D eigenvalue weighted by atomic mass is 10.2. The summed E-state index contributed by atoms with van der Waals surface area (Å²) in [5.74, 6) is 0.493. The van der Waals surface area contributed by atoms with Crippen LogP contribution >= 0.6 is 0 Å². The van der Waals surface area contributed by atoms with Crippen molar-refractivity contribution in [3.8, 4) is 28.8 Å². The fraction of sp³-hybridized carbons (Fsp3) is 0.192. The summed E-state index contributed by atoms with van der Waals surface area (Å²) in [5.41, 5.74) is 2.04. The van der Waals surface area contributed by atoms with E-state index in [0.29, 0.717) is 36.0 Å². The Morgan fingerprint density at radius 1 is 0.972 bits per heavy atom. The second kappa shape index (κ2) is 11.8. The lowest BCUT2D eigenvalue weighted by molar-refractivity contribution is 0.106. The molecular formula is C26H26FN5O4. The molecule has 0 saturated heterocycles. The van der Waals surface area contributed by atoms with E-state index in [4.69, 9.17) is 14.2 Å². The number of methoxy groups -OCH3 is 1. The highest BCUT2D eigenvalue weighted by Crippen LogP contribution is 2.26. The highest BCUT2D eigenvalue weighted by Gasteiger charge is 2.18. The molecule has 9 nitrogen and oxygen atoms in total. The molecule has 0 fully saturated rings. The van der Waals surface area contributed by atoms with Crippen LogP contribution in [0.5, 0.6) is 11.8 Å². The molecular weight excluding hydrogens is 465 g/mol. The molecule has 36 heavy (non-hydrogen) atoms. The first kappa shape index (κ1) is 24.7. The van der Waals surface area contributed by atoms with Gasteiger partial charge in [0.05, 0.1) is 25.0 Å². The molecule has 0 spiro atoms. The fourth-order valence-electron chi connectivity index (χ4n) is 3.37. The molecule has 1 heterocycles. The number of rotatable bonds is 10. The van der Waals surface area contributed by atoms with Crippen molar-refractivity contribution in [2.75, 3.05) is 37.6 Å². The minimum Gasteiger partial charge on any atom is -0.497 e. The molecule has 1 aromatic heterocycles. The predicted molar refractivity (Wildman–Crippen MR) is 134 cm³/mol. The number of urea groups is 1. The Bertz CT molecular complexity index is 1310. The first-order chi connectivity index (χ1) is 17.6. The molecule has 2 amide bonds. The fourth-order valence-corrected chi connectivity index (χ4v) is 3.37. The number of carbonyl (C=O) groups is 1. The van der Waals surface area contributed by atoms with Crippen LogP contribution in [0.3, 0.4) is 0 Å². The molecule has 0 unspecified atom stereocenters. The lowest BCUT2D eigenvalue weighted by Gasteiger charge is -2.10. The third-order valence-electron chi connectivity index (χ3n) is 5.06. The van der Waals surface area contributed by atoms with Crippen LogP contribution in [0.15, 0.2) is 72.8 Å². The molecule has 0 aliphatic heterocycles. The number of anilines is 2. The van der Waals surface area contributed by atoms with Crippen LogP contribution in [0.4, 0.5) is 20.6 Å². The Labute approximate surface area is 207 Å². The van der Waals surface area contributed by atoms with Gasteiger partial charge in [0.2, 0.25) is 0 Å². The third kappa shape index (κ3) is 6.16. The molecule has 0 aliphatic rings. The van der Waals surface area contributed by atoms with Gasteiger partial charge in [0, 0.05) is 24.0 Å². The average Bonchev–Trinajstić information content (AvgIpc) is 3.31. The van der Waals surface area contributed by atoms with E-state index < -0.39 is 11.8 Å². The Hall–Kier alpha value is -4.44.